The van der Waals surface area contributed by atoms with Crippen molar-refractivity contribution in [3.8, 4) is 5.75 Å². The number of hydrogen-bond acceptors (Lipinski definition) is 9. The van der Waals surface area contributed by atoms with E-state index in [1.165, 1.54) is 6.07 Å². The van der Waals surface area contributed by atoms with Gasteiger partial charge in [0.05, 0.1) is 4.92 Å². The summed E-state index contributed by atoms with van der Waals surface area (Å²) in [4.78, 5) is 62.1. The average molecular weight is 612 g/mol. The molecule has 0 bridgehead atoms. The van der Waals surface area contributed by atoms with Gasteiger partial charge >= 0.3 is 5.69 Å². The number of aliphatic hydroxyl groups excluding tert-OH is 1. The van der Waals surface area contributed by atoms with E-state index in [4.69, 9.17) is 15.6 Å². The molecular formula is C30H37N5O9. The molecule has 2 aliphatic rings. The fourth-order valence-corrected chi connectivity index (χ4v) is 5.46. The van der Waals surface area contributed by atoms with Crippen molar-refractivity contribution in [2.75, 3.05) is 13.2 Å². The summed E-state index contributed by atoms with van der Waals surface area (Å²) in [6, 6.07) is 8.84. The van der Waals surface area contributed by atoms with E-state index in [1.807, 2.05) is 24.3 Å². The Hall–Kier alpha value is -4.56. The molecule has 44 heavy (non-hydrogen) atoms. The number of amides is 4. The highest BCUT2D eigenvalue weighted by Crippen LogP contribution is 2.30. The summed E-state index contributed by atoms with van der Waals surface area (Å²) >= 11 is 0. The first-order valence-corrected chi connectivity index (χ1v) is 14.6. The van der Waals surface area contributed by atoms with Gasteiger partial charge in [-0.1, -0.05) is 43.2 Å². The van der Waals surface area contributed by atoms with E-state index < -0.39 is 64.3 Å². The van der Waals surface area contributed by atoms with Gasteiger partial charge in [-0.25, -0.2) is 0 Å². The molecule has 0 saturated carbocycles. The molecule has 1 aliphatic heterocycles. The number of unbranched alkanes of at least 4 members (excludes halogenated alkanes) is 3. The molecule has 4 rings (SSSR count). The summed E-state index contributed by atoms with van der Waals surface area (Å²) in [6.07, 6.45) is 1.64. The maximum Gasteiger partial charge on any atom is 0.310 e. The van der Waals surface area contributed by atoms with Gasteiger partial charge in [0.1, 0.15) is 12.1 Å². The van der Waals surface area contributed by atoms with Gasteiger partial charge in [-0.15, -0.1) is 0 Å². The van der Waals surface area contributed by atoms with Crippen LogP contribution in [0.2, 0.25) is 0 Å². The Morgan fingerprint density at radius 2 is 1.64 bits per heavy atom. The van der Waals surface area contributed by atoms with E-state index in [0.29, 0.717) is 32.2 Å². The Kier molecular flexibility index (Phi) is 10.8. The summed E-state index contributed by atoms with van der Waals surface area (Å²) in [7, 11) is 0. The predicted molar refractivity (Wildman–Crippen MR) is 156 cm³/mol. The second-order valence-corrected chi connectivity index (χ2v) is 11.1. The van der Waals surface area contributed by atoms with Crippen LogP contribution in [0.15, 0.2) is 42.5 Å². The molecule has 14 nitrogen and oxygen atoms in total. The minimum absolute atomic E-state index is 0.111. The number of aliphatic hydroxyl groups is 1. The minimum Gasteiger partial charge on any atom is -0.502 e. The zero-order valence-corrected chi connectivity index (χ0v) is 24.1. The van der Waals surface area contributed by atoms with Crippen LogP contribution in [-0.2, 0) is 43.2 Å². The number of primary amides is 1. The summed E-state index contributed by atoms with van der Waals surface area (Å²) in [5, 5.41) is 37.9. The zero-order chi connectivity index (χ0) is 31.8. The van der Waals surface area contributed by atoms with E-state index in [1.54, 1.807) is 0 Å². The summed E-state index contributed by atoms with van der Waals surface area (Å²) in [5.74, 6) is -3.60. The van der Waals surface area contributed by atoms with E-state index in [0.717, 1.165) is 36.1 Å². The molecule has 1 heterocycles. The number of nitro benzene ring substituents is 1. The monoisotopic (exact) mass is 611 g/mol. The number of hydrogen-bond donors (Lipinski definition) is 6. The number of phenolic OH excluding ortho intramolecular Hbond substituents is 1. The lowest BCUT2D eigenvalue weighted by Crippen LogP contribution is -2.56. The number of nitrogens with one attached hydrogen (secondary N) is 3. The van der Waals surface area contributed by atoms with Gasteiger partial charge in [0.25, 0.3) is 11.8 Å². The largest absolute Gasteiger partial charge is 0.502 e. The molecule has 2 aromatic carbocycles. The third kappa shape index (κ3) is 8.29. The van der Waals surface area contributed by atoms with Gasteiger partial charge in [-0.2, -0.15) is 0 Å². The highest BCUT2D eigenvalue weighted by molar-refractivity contribution is 5.97. The van der Waals surface area contributed by atoms with Crippen LogP contribution in [0.3, 0.4) is 0 Å². The van der Waals surface area contributed by atoms with Crippen molar-refractivity contribution in [1.82, 2.24) is 16.0 Å². The molecule has 14 heteroatoms. The number of rotatable bonds is 16. The molecule has 236 valence electrons. The van der Waals surface area contributed by atoms with Gasteiger partial charge in [0.15, 0.2) is 18.0 Å². The van der Waals surface area contributed by atoms with Crippen LogP contribution in [0.4, 0.5) is 5.69 Å². The number of aromatic hydroxyl groups is 1. The SMILES string of the molecule is NC(=O)[C@H](NC(=O)[C@@H](Cc1ccc(O)c([N+](=O)[O-])c1)NC(=O)C1O[C@@H]1C(=O)NCCCCCCO)C1Cc2ccccc2C1. The van der Waals surface area contributed by atoms with E-state index >= 15 is 0 Å². The van der Waals surface area contributed by atoms with Crippen molar-refractivity contribution >= 4 is 29.3 Å². The van der Waals surface area contributed by atoms with Crippen molar-refractivity contribution in [3.63, 3.8) is 0 Å². The molecule has 0 spiro atoms. The molecule has 7 N–H and O–H groups in total. The van der Waals surface area contributed by atoms with Gasteiger partial charge in [-0.05, 0) is 54.4 Å². The first kappa shape index (κ1) is 32.4. The molecule has 0 radical (unpaired) electrons. The Bertz CT molecular complexity index is 1380. The van der Waals surface area contributed by atoms with Crippen LogP contribution in [0.1, 0.15) is 42.4 Å². The summed E-state index contributed by atoms with van der Waals surface area (Å²) in [5.41, 5.74) is 7.45. The Balaban J connectivity index is 1.43. The van der Waals surface area contributed by atoms with Crippen LogP contribution < -0.4 is 21.7 Å². The smallest absolute Gasteiger partial charge is 0.310 e. The lowest BCUT2D eigenvalue weighted by molar-refractivity contribution is -0.385. The predicted octanol–water partition coefficient (Wildman–Crippen LogP) is 0.149. The highest BCUT2D eigenvalue weighted by Gasteiger charge is 2.51. The number of carbonyl (C=O) groups is 4. The second-order valence-electron chi connectivity index (χ2n) is 11.1. The number of benzene rings is 2. The molecule has 1 saturated heterocycles. The van der Waals surface area contributed by atoms with Crippen molar-refractivity contribution in [1.29, 1.82) is 0 Å². The minimum atomic E-state index is -1.32. The van der Waals surface area contributed by atoms with E-state index in [2.05, 4.69) is 16.0 Å². The fraction of sp³-hybridized carbons (Fsp3) is 0.467. The van der Waals surface area contributed by atoms with Crippen molar-refractivity contribution < 1.29 is 39.1 Å². The third-order valence-corrected chi connectivity index (χ3v) is 7.86. The topological polar surface area (TPSA) is 227 Å². The zero-order valence-electron chi connectivity index (χ0n) is 24.1. The average Bonchev–Trinajstić information content (AvgIpc) is 3.69. The number of epoxide rings is 1. The number of nitro groups is 1. The number of nitrogens with two attached hydrogens (primary N) is 1. The summed E-state index contributed by atoms with van der Waals surface area (Å²) < 4.78 is 5.28. The van der Waals surface area contributed by atoms with Crippen LogP contribution in [-0.4, -0.2) is 76.2 Å². The van der Waals surface area contributed by atoms with Crippen LogP contribution in [0.25, 0.3) is 0 Å². The van der Waals surface area contributed by atoms with Gasteiger partial charge in [0.2, 0.25) is 11.8 Å². The maximum atomic E-state index is 13.6. The van der Waals surface area contributed by atoms with Gasteiger partial charge in [0, 0.05) is 25.6 Å². The van der Waals surface area contributed by atoms with Gasteiger partial charge in [-0.3, -0.25) is 29.3 Å². The van der Waals surface area contributed by atoms with E-state index in [-0.39, 0.29) is 24.5 Å². The van der Waals surface area contributed by atoms with Crippen molar-refractivity contribution in [2.45, 2.75) is 69.2 Å². The fourth-order valence-electron chi connectivity index (χ4n) is 5.46. The lowest BCUT2D eigenvalue weighted by Gasteiger charge is -2.25. The van der Waals surface area contributed by atoms with Crippen LogP contribution in [0, 0.1) is 16.0 Å². The quantitative estimate of drug-likeness (QED) is 0.0656. The number of nitrogens with zero attached hydrogens (tertiary/aromatic N) is 1. The Morgan fingerprint density at radius 3 is 2.27 bits per heavy atom. The maximum absolute atomic E-state index is 13.6. The molecular weight excluding hydrogens is 574 g/mol. The molecule has 4 amide bonds. The second kappa shape index (κ2) is 14.8. The Labute approximate surface area is 253 Å². The molecule has 4 atom stereocenters. The lowest BCUT2D eigenvalue weighted by atomic mass is 9.95. The summed E-state index contributed by atoms with van der Waals surface area (Å²) in [6.45, 7) is 0.489. The number of phenols is 1. The Morgan fingerprint density at radius 1 is 0.977 bits per heavy atom. The number of ether oxygens (including phenoxy) is 1. The van der Waals surface area contributed by atoms with Crippen LogP contribution in [0.5, 0.6) is 5.75 Å². The normalized spacial score (nSPS) is 18.5. The standard InChI is InChI=1S/C30H37N5O9/c31-27(38)24(20-15-18-7-3-4-8-19(18)16-20)34-28(39)21(13-17-9-10-23(37)22(14-17)35(42)43)33-30(41)26-25(44-26)29(40)32-11-5-1-2-6-12-36/h3-4,7-10,14,20-21,24-26,36-37H,1-2,5-6,11-13,15-16H2,(H2,31,38)(H,32,40)(H,33,41)(H,34,39)/t21-,24-,25+,26?/m1/s1. The third-order valence-electron chi connectivity index (χ3n) is 7.86. The first-order valence-electron chi connectivity index (χ1n) is 14.6. The number of fused-ring (bicyclic) bond motifs is 1. The van der Waals surface area contributed by atoms with Gasteiger partial charge < -0.3 is 36.6 Å². The molecule has 1 unspecified atom stereocenters. The van der Waals surface area contributed by atoms with Crippen molar-refractivity contribution in [3.05, 3.63) is 69.3 Å². The number of carbonyl (C=O) groups excluding carboxylic acids is 4. The van der Waals surface area contributed by atoms with E-state index in [9.17, 15) is 34.4 Å². The first-order chi connectivity index (χ1) is 21.1. The molecule has 2 aromatic rings. The molecule has 0 aromatic heterocycles. The molecule has 1 aliphatic carbocycles. The van der Waals surface area contributed by atoms with Crippen LogP contribution >= 0.6 is 0 Å². The molecule has 1 fully saturated rings. The van der Waals surface area contributed by atoms with Crippen molar-refractivity contribution in [2.24, 2.45) is 11.7 Å². The highest BCUT2D eigenvalue weighted by atomic mass is 16.6.